The summed E-state index contributed by atoms with van der Waals surface area (Å²) in [5.41, 5.74) is 3.10. The van der Waals surface area contributed by atoms with Gasteiger partial charge in [-0.2, -0.15) is 9.50 Å². The van der Waals surface area contributed by atoms with Crippen LogP contribution in [-0.4, -0.2) is 26.7 Å². The first-order chi connectivity index (χ1) is 13.5. The first-order valence-corrected chi connectivity index (χ1v) is 9.05. The van der Waals surface area contributed by atoms with Gasteiger partial charge in [0.25, 0.3) is 11.3 Å². The van der Waals surface area contributed by atoms with Crippen molar-refractivity contribution in [3.63, 3.8) is 0 Å². The van der Waals surface area contributed by atoms with Crippen LogP contribution in [0.4, 0.5) is 5.69 Å². The number of hydrogen-bond acceptors (Lipinski definition) is 5. The summed E-state index contributed by atoms with van der Waals surface area (Å²) >= 11 is 6.14. The lowest BCUT2D eigenvalue weighted by molar-refractivity contribution is 0.416. The molecule has 28 heavy (non-hydrogen) atoms. The number of anilines is 1. The summed E-state index contributed by atoms with van der Waals surface area (Å²) in [6.45, 7) is 2.35. The fraction of sp³-hybridized carbons (Fsp3) is 0.150. The van der Waals surface area contributed by atoms with Crippen molar-refractivity contribution in [3.8, 4) is 17.1 Å². The van der Waals surface area contributed by atoms with Crippen LogP contribution in [0, 0.1) is 6.92 Å². The van der Waals surface area contributed by atoms with Gasteiger partial charge in [-0.15, -0.1) is 0 Å². The topological polar surface area (TPSA) is 84.3 Å². The SMILES string of the molecule is COc1c(Cl)cccc1NCc1cc(=O)n2[nH]c(-c3ccc(C)cc3)nc2n1. The molecule has 0 aliphatic rings. The van der Waals surface area contributed by atoms with E-state index in [1.807, 2.05) is 43.3 Å². The molecule has 4 aromatic rings. The normalized spacial score (nSPS) is 11.0. The van der Waals surface area contributed by atoms with Gasteiger partial charge < -0.3 is 10.1 Å². The van der Waals surface area contributed by atoms with E-state index in [1.54, 1.807) is 13.2 Å². The van der Waals surface area contributed by atoms with Crippen LogP contribution in [0.1, 0.15) is 11.3 Å². The molecule has 2 heterocycles. The van der Waals surface area contributed by atoms with Gasteiger partial charge in [0.05, 0.1) is 30.1 Å². The number of H-pyrrole nitrogens is 1. The number of methoxy groups -OCH3 is 1. The van der Waals surface area contributed by atoms with Crippen molar-refractivity contribution in [1.82, 2.24) is 19.6 Å². The number of halogens is 1. The predicted octanol–water partition coefficient (Wildman–Crippen LogP) is 3.67. The summed E-state index contributed by atoms with van der Waals surface area (Å²) in [6.07, 6.45) is 0. The third-order valence-electron chi connectivity index (χ3n) is 4.34. The maximum atomic E-state index is 12.5. The number of ether oxygens (including phenoxy) is 1. The minimum atomic E-state index is -0.231. The van der Waals surface area contributed by atoms with Crippen LogP contribution in [0.2, 0.25) is 5.02 Å². The van der Waals surface area contributed by atoms with Gasteiger partial charge in [-0.1, -0.05) is 47.5 Å². The Hall–Kier alpha value is -3.32. The summed E-state index contributed by atoms with van der Waals surface area (Å²) in [7, 11) is 1.55. The van der Waals surface area contributed by atoms with Crippen molar-refractivity contribution in [2.75, 3.05) is 12.4 Å². The number of aromatic nitrogens is 4. The van der Waals surface area contributed by atoms with Crippen LogP contribution in [-0.2, 0) is 6.54 Å². The third-order valence-corrected chi connectivity index (χ3v) is 4.64. The second-order valence-electron chi connectivity index (χ2n) is 6.33. The van der Waals surface area contributed by atoms with E-state index in [4.69, 9.17) is 16.3 Å². The average Bonchev–Trinajstić information content (AvgIpc) is 3.12. The number of nitrogens with one attached hydrogen (secondary N) is 2. The van der Waals surface area contributed by atoms with Crippen molar-refractivity contribution < 1.29 is 4.74 Å². The van der Waals surface area contributed by atoms with Crippen LogP contribution in [0.25, 0.3) is 17.2 Å². The van der Waals surface area contributed by atoms with Crippen molar-refractivity contribution in [1.29, 1.82) is 0 Å². The van der Waals surface area contributed by atoms with Crippen molar-refractivity contribution in [3.05, 3.63) is 75.2 Å². The largest absolute Gasteiger partial charge is 0.493 e. The van der Waals surface area contributed by atoms with Crippen LogP contribution >= 0.6 is 11.6 Å². The molecule has 2 N–H and O–H groups in total. The molecule has 0 atom stereocenters. The smallest absolute Gasteiger partial charge is 0.274 e. The van der Waals surface area contributed by atoms with Crippen molar-refractivity contribution in [2.45, 2.75) is 13.5 Å². The lowest BCUT2D eigenvalue weighted by Gasteiger charge is -2.11. The molecular weight excluding hydrogens is 378 g/mol. The predicted molar refractivity (Wildman–Crippen MR) is 109 cm³/mol. The number of aryl methyl sites for hydroxylation is 1. The highest BCUT2D eigenvalue weighted by molar-refractivity contribution is 6.32. The molecular formula is C20H18ClN5O2. The molecule has 0 unspecified atom stereocenters. The summed E-state index contributed by atoms with van der Waals surface area (Å²) in [6, 6.07) is 14.8. The molecule has 142 valence electrons. The van der Waals surface area contributed by atoms with E-state index in [9.17, 15) is 4.79 Å². The van der Waals surface area contributed by atoms with Gasteiger partial charge in [-0.3, -0.25) is 9.89 Å². The highest BCUT2D eigenvalue weighted by Crippen LogP contribution is 2.32. The average molecular weight is 396 g/mol. The van der Waals surface area contributed by atoms with Gasteiger partial charge >= 0.3 is 0 Å². The van der Waals surface area contributed by atoms with Crippen molar-refractivity contribution >= 4 is 23.1 Å². The third kappa shape index (κ3) is 3.44. The first-order valence-electron chi connectivity index (χ1n) is 8.67. The van der Waals surface area contributed by atoms with Gasteiger partial charge in [-0.25, -0.2) is 4.98 Å². The number of para-hydroxylation sites is 1. The van der Waals surface area contributed by atoms with Crippen LogP contribution in [0.3, 0.4) is 0 Å². The Balaban J connectivity index is 1.63. The molecule has 0 amide bonds. The Labute approximate surface area is 166 Å². The highest BCUT2D eigenvalue weighted by atomic mass is 35.5. The van der Waals surface area contributed by atoms with Gasteiger partial charge in [0.1, 0.15) is 0 Å². The van der Waals surface area contributed by atoms with E-state index in [2.05, 4.69) is 20.4 Å². The fourth-order valence-electron chi connectivity index (χ4n) is 2.90. The van der Waals surface area contributed by atoms with E-state index in [0.717, 1.165) is 16.8 Å². The quantitative estimate of drug-likeness (QED) is 0.538. The standard InChI is InChI=1S/C20H18ClN5O2/c1-12-6-8-13(9-7-12)19-24-20-23-14(10-17(27)26(20)25-19)11-22-16-5-3-4-15(21)18(16)28-2/h3-10,22H,11H2,1-2H3,(H,23,24,25). The summed E-state index contributed by atoms with van der Waals surface area (Å²) in [5, 5.41) is 6.70. The Morgan fingerprint density at radius 3 is 2.71 bits per heavy atom. The molecule has 0 bridgehead atoms. The number of benzene rings is 2. The molecule has 2 aromatic carbocycles. The maximum Gasteiger partial charge on any atom is 0.274 e. The zero-order valence-corrected chi connectivity index (χ0v) is 16.1. The lowest BCUT2D eigenvalue weighted by Crippen LogP contribution is -2.17. The zero-order chi connectivity index (χ0) is 19.7. The number of aromatic amines is 1. The van der Waals surface area contributed by atoms with Gasteiger partial charge in [0.2, 0.25) is 0 Å². The number of hydrogen-bond donors (Lipinski definition) is 2. The maximum absolute atomic E-state index is 12.5. The molecule has 0 aliphatic heterocycles. The van der Waals surface area contributed by atoms with E-state index in [0.29, 0.717) is 34.6 Å². The Bertz CT molecular complexity index is 1200. The number of fused-ring (bicyclic) bond motifs is 1. The second-order valence-corrected chi connectivity index (χ2v) is 6.74. The zero-order valence-electron chi connectivity index (χ0n) is 15.4. The Morgan fingerprint density at radius 2 is 1.96 bits per heavy atom. The highest BCUT2D eigenvalue weighted by Gasteiger charge is 2.11. The molecule has 0 saturated carbocycles. The second kappa shape index (κ2) is 7.36. The minimum Gasteiger partial charge on any atom is -0.493 e. The minimum absolute atomic E-state index is 0.231. The molecule has 2 aromatic heterocycles. The summed E-state index contributed by atoms with van der Waals surface area (Å²) in [4.78, 5) is 21.4. The number of rotatable bonds is 5. The molecule has 7 nitrogen and oxygen atoms in total. The van der Waals surface area contributed by atoms with Crippen molar-refractivity contribution in [2.24, 2.45) is 0 Å². The fourth-order valence-corrected chi connectivity index (χ4v) is 3.15. The van der Waals surface area contributed by atoms with Crippen LogP contribution in [0.15, 0.2) is 53.3 Å². The molecule has 8 heteroatoms. The molecule has 4 rings (SSSR count). The molecule has 0 spiro atoms. The lowest BCUT2D eigenvalue weighted by atomic mass is 10.1. The number of nitrogens with zero attached hydrogens (tertiary/aromatic N) is 3. The van der Waals surface area contributed by atoms with E-state index < -0.39 is 0 Å². The van der Waals surface area contributed by atoms with E-state index in [1.165, 1.54) is 10.6 Å². The summed E-state index contributed by atoms with van der Waals surface area (Å²) in [5.74, 6) is 1.45. The van der Waals surface area contributed by atoms with Gasteiger partial charge in [-0.05, 0) is 19.1 Å². The molecule has 0 aliphatic carbocycles. The molecule has 0 fully saturated rings. The van der Waals surface area contributed by atoms with E-state index >= 15 is 0 Å². The van der Waals surface area contributed by atoms with Gasteiger partial charge in [0.15, 0.2) is 11.6 Å². The Kier molecular flexibility index (Phi) is 4.75. The molecule has 0 saturated heterocycles. The molecule has 0 radical (unpaired) electrons. The van der Waals surface area contributed by atoms with E-state index in [-0.39, 0.29) is 5.56 Å². The Morgan fingerprint density at radius 1 is 1.18 bits per heavy atom. The summed E-state index contributed by atoms with van der Waals surface area (Å²) < 4.78 is 6.65. The monoisotopic (exact) mass is 395 g/mol. The van der Waals surface area contributed by atoms with Gasteiger partial charge in [0, 0.05) is 11.6 Å². The first kappa shape index (κ1) is 18.1. The van der Waals surface area contributed by atoms with Crippen LogP contribution in [0.5, 0.6) is 5.75 Å². The van der Waals surface area contributed by atoms with Crippen LogP contribution < -0.4 is 15.6 Å².